The van der Waals surface area contributed by atoms with Crippen molar-refractivity contribution in [1.29, 1.82) is 0 Å². The van der Waals surface area contributed by atoms with Crippen LogP contribution in [0.3, 0.4) is 0 Å². The van der Waals surface area contributed by atoms with E-state index in [-0.39, 0.29) is 11.8 Å². The first-order valence-corrected chi connectivity index (χ1v) is 8.50. The molecule has 1 fully saturated rings. The van der Waals surface area contributed by atoms with Crippen LogP contribution in [0.5, 0.6) is 0 Å². The average Bonchev–Trinajstić information content (AvgIpc) is 2.63. The SMILES string of the molecule is O=C(Nc1cccc(COC[C@@H]2CCCCO2)c1)c1cccc[n+]1[O-]. The molecule has 0 aliphatic carbocycles. The first kappa shape index (κ1) is 17.4. The number of hydrogen-bond acceptors (Lipinski definition) is 4. The zero-order valence-corrected chi connectivity index (χ0v) is 14.0. The van der Waals surface area contributed by atoms with Crippen LogP contribution in [0.15, 0.2) is 48.7 Å². The number of aromatic nitrogens is 1. The van der Waals surface area contributed by atoms with E-state index in [1.807, 2.05) is 18.2 Å². The fourth-order valence-corrected chi connectivity index (χ4v) is 2.79. The van der Waals surface area contributed by atoms with E-state index in [1.165, 1.54) is 18.7 Å². The van der Waals surface area contributed by atoms with Crippen molar-refractivity contribution in [2.75, 3.05) is 18.5 Å². The van der Waals surface area contributed by atoms with E-state index in [2.05, 4.69) is 5.32 Å². The molecule has 0 spiro atoms. The van der Waals surface area contributed by atoms with E-state index in [4.69, 9.17) is 9.47 Å². The largest absolute Gasteiger partial charge is 0.618 e. The lowest BCUT2D eigenvalue weighted by molar-refractivity contribution is -0.607. The third kappa shape index (κ3) is 5.01. The van der Waals surface area contributed by atoms with E-state index in [9.17, 15) is 10.0 Å². The molecule has 2 aromatic rings. The van der Waals surface area contributed by atoms with Gasteiger partial charge in [-0.25, -0.2) is 0 Å². The minimum Gasteiger partial charge on any atom is -0.618 e. The van der Waals surface area contributed by atoms with Gasteiger partial charge in [0.05, 0.1) is 19.3 Å². The second-order valence-corrected chi connectivity index (χ2v) is 6.07. The molecule has 1 saturated heterocycles. The lowest BCUT2D eigenvalue weighted by Crippen LogP contribution is -2.36. The van der Waals surface area contributed by atoms with Crippen LogP contribution < -0.4 is 10.0 Å². The summed E-state index contributed by atoms with van der Waals surface area (Å²) >= 11 is 0. The van der Waals surface area contributed by atoms with Crippen molar-refractivity contribution in [2.24, 2.45) is 0 Å². The zero-order chi connectivity index (χ0) is 17.5. The first-order valence-electron chi connectivity index (χ1n) is 8.50. The summed E-state index contributed by atoms with van der Waals surface area (Å²) in [6.07, 6.45) is 4.84. The Balaban J connectivity index is 1.54. The van der Waals surface area contributed by atoms with Crippen LogP contribution in [0.2, 0.25) is 0 Å². The molecule has 0 radical (unpaired) electrons. The number of nitrogens with zero attached hydrogens (tertiary/aromatic N) is 1. The van der Waals surface area contributed by atoms with E-state index in [0.29, 0.717) is 23.6 Å². The Morgan fingerprint density at radius 3 is 3.00 bits per heavy atom. The Morgan fingerprint density at radius 2 is 2.20 bits per heavy atom. The van der Waals surface area contributed by atoms with Crippen LogP contribution in [0, 0.1) is 5.21 Å². The third-order valence-electron chi connectivity index (χ3n) is 4.09. The number of ether oxygens (including phenoxy) is 2. The van der Waals surface area contributed by atoms with Crippen molar-refractivity contribution in [2.45, 2.75) is 32.0 Å². The van der Waals surface area contributed by atoms with Crippen LogP contribution in [-0.2, 0) is 16.1 Å². The van der Waals surface area contributed by atoms with Gasteiger partial charge in [-0.1, -0.05) is 12.1 Å². The van der Waals surface area contributed by atoms with Gasteiger partial charge >= 0.3 is 5.91 Å². The quantitative estimate of drug-likeness (QED) is 0.647. The number of benzene rings is 1. The topological polar surface area (TPSA) is 74.5 Å². The Kier molecular flexibility index (Phi) is 5.98. The maximum atomic E-state index is 12.2. The van der Waals surface area contributed by atoms with Gasteiger partial charge in [-0.2, -0.15) is 4.73 Å². The van der Waals surface area contributed by atoms with Gasteiger partial charge < -0.3 is 20.0 Å². The number of nitrogens with one attached hydrogen (secondary N) is 1. The van der Waals surface area contributed by atoms with Crippen LogP contribution in [0.25, 0.3) is 0 Å². The van der Waals surface area contributed by atoms with Crippen molar-refractivity contribution >= 4 is 11.6 Å². The summed E-state index contributed by atoms with van der Waals surface area (Å²) in [5, 5.41) is 14.4. The molecule has 1 N–H and O–H groups in total. The molecule has 25 heavy (non-hydrogen) atoms. The molecule has 1 atom stereocenters. The lowest BCUT2D eigenvalue weighted by atomic mass is 10.1. The van der Waals surface area contributed by atoms with Gasteiger partial charge in [0.2, 0.25) is 0 Å². The van der Waals surface area contributed by atoms with E-state index in [0.717, 1.165) is 25.0 Å². The molecule has 0 bridgehead atoms. The number of carbonyl (C=O) groups excluding carboxylic acids is 1. The maximum absolute atomic E-state index is 12.2. The van der Waals surface area contributed by atoms with Gasteiger partial charge in [-0.3, -0.25) is 4.79 Å². The molecule has 0 unspecified atom stereocenters. The monoisotopic (exact) mass is 342 g/mol. The summed E-state index contributed by atoms with van der Waals surface area (Å²) in [5.74, 6) is -0.440. The third-order valence-corrected chi connectivity index (χ3v) is 4.09. The lowest BCUT2D eigenvalue weighted by Gasteiger charge is -2.22. The van der Waals surface area contributed by atoms with Gasteiger partial charge in [0.1, 0.15) is 0 Å². The Bertz CT molecular complexity index is 714. The Hall–Kier alpha value is -2.44. The molecular weight excluding hydrogens is 320 g/mol. The summed E-state index contributed by atoms with van der Waals surface area (Å²) < 4.78 is 11.9. The molecular formula is C19H22N2O4. The molecule has 6 heteroatoms. The molecule has 0 saturated carbocycles. The maximum Gasteiger partial charge on any atom is 0.321 e. The van der Waals surface area contributed by atoms with Crippen molar-refractivity contribution in [3.63, 3.8) is 0 Å². The van der Waals surface area contributed by atoms with Crippen LogP contribution in [0.1, 0.15) is 35.3 Å². The van der Waals surface area contributed by atoms with Crippen molar-refractivity contribution < 1.29 is 19.0 Å². The zero-order valence-electron chi connectivity index (χ0n) is 14.0. The number of carbonyl (C=O) groups is 1. The van der Waals surface area contributed by atoms with Gasteiger partial charge in [0.25, 0.3) is 5.69 Å². The molecule has 6 nitrogen and oxygen atoms in total. The van der Waals surface area contributed by atoms with Crippen LogP contribution in [0.4, 0.5) is 5.69 Å². The predicted molar refractivity (Wildman–Crippen MR) is 93.0 cm³/mol. The van der Waals surface area contributed by atoms with Crippen molar-refractivity contribution in [1.82, 2.24) is 0 Å². The molecule has 1 aromatic carbocycles. The summed E-state index contributed by atoms with van der Waals surface area (Å²) in [6, 6.07) is 12.1. The minimum absolute atomic E-state index is 0.0543. The average molecular weight is 342 g/mol. The molecule has 1 aromatic heterocycles. The summed E-state index contributed by atoms with van der Waals surface area (Å²) in [6.45, 7) is 1.85. The first-order chi connectivity index (χ1) is 12.2. The molecule has 132 valence electrons. The molecule has 3 rings (SSSR count). The molecule has 1 aliphatic heterocycles. The number of hydrogen-bond donors (Lipinski definition) is 1. The second-order valence-electron chi connectivity index (χ2n) is 6.07. The highest BCUT2D eigenvalue weighted by Gasteiger charge is 2.16. The molecule has 2 heterocycles. The van der Waals surface area contributed by atoms with E-state index in [1.54, 1.807) is 18.2 Å². The van der Waals surface area contributed by atoms with Gasteiger partial charge in [0.15, 0.2) is 6.20 Å². The number of amides is 1. The number of pyridine rings is 1. The molecule has 1 amide bonds. The van der Waals surface area contributed by atoms with Gasteiger partial charge in [0, 0.05) is 24.4 Å². The summed E-state index contributed by atoms with van der Waals surface area (Å²) in [7, 11) is 0. The van der Waals surface area contributed by atoms with Gasteiger partial charge in [-0.15, -0.1) is 0 Å². The second kappa shape index (κ2) is 8.60. The highest BCUT2D eigenvalue weighted by atomic mass is 16.5. The Labute approximate surface area is 147 Å². The molecule has 1 aliphatic rings. The summed E-state index contributed by atoms with van der Waals surface area (Å²) in [4.78, 5) is 12.2. The highest BCUT2D eigenvalue weighted by molar-refractivity contribution is 6.01. The highest BCUT2D eigenvalue weighted by Crippen LogP contribution is 2.15. The normalized spacial score (nSPS) is 17.2. The number of anilines is 1. The van der Waals surface area contributed by atoms with Gasteiger partial charge in [-0.05, 0) is 43.0 Å². The predicted octanol–water partition coefficient (Wildman–Crippen LogP) is 2.66. The van der Waals surface area contributed by atoms with Crippen LogP contribution >= 0.6 is 0 Å². The van der Waals surface area contributed by atoms with Crippen molar-refractivity contribution in [3.8, 4) is 0 Å². The smallest absolute Gasteiger partial charge is 0.321 e. The Morgan fingerprint density at radius 1 is 1.28 bits per heavy atom. The fraction of sp³-hybridized carbons (Fsp3) is 0.368. The standard InChI is InChI=1S/C19H22N2O4/c22-19(18-9-1-3-10-21(18)23)20-16-7-5-6-15(12-16)13-24-14-17-8-2-4-11-25-17/h1,3,5-7,9-10,12,17H,2,4,8,11,13-14H2,(H,20,22)/t17-/m0/s1. The van der Waals surface area contributed by atoms with E-state index >= 15 is 0 Å². The van der Waals surface area contributed by atoms with Crippen molar-refractivity contribution in [3.05, 3.63) is 65.1 Å². The number of rotatable bonds is 6. The fourth-order valence-electron chi connectivity index (χ4n) is 2.79. The van der Waals surface area contributed by atoms with Crippen LogP contribution in [-0.4, -0.2) is 25.2 Å². The summed E-state index contributed by atoms with van der Waals surface area (Å²) in [5.41, 5.74) is 1.64. The van der Waals surface area contributed by atoms with E-state index < -0.39 is 5.91 Å². The minimum atomic E-state index is -0.440.